The summed E-state index contributed by atoms with van der Waals surface area (Å²) in [6, 6.07) is 0. The summed E-state index contributed by atoms with van der Waals surface area (Å²) in [5, 5.41) is 4.50. The van der Waals surface area contributed by atoms with Crippen molar-refractivity contribution < 1.29 is 4.52 Å². The van der Waals surface area contributed by atoms with E-state index in [0.717, 1.165) is 17.5 Å². The number of rotatable bonds is 3. The van der Waals surface area contributed by atoms with E-state index < -0.39 is 0 Å². The molecule has 0 saturated carbocycles. The fourth-order valence-corrected chi connectivity index (χ4v) is 0.972. The lowest BCUT2D eigenvalue weighted by molar-refractivity contribution is 0.348. The minimum atomic E-state index is 0.378. The largest absolute Gasteiger partial charge is 0.338 e. The average Bonchev–Trinajstić information content (AvgIpc) is 2.50. The molecule has 0 saturated heterocycles. The van der Waals surface area contributed by atoms with Crippen LogP contribution in [0.25, 0.3) is 0 Å². The standard InChI is InChI=1S/C7H12N2OS/c1-4-5(2)6-8-7(11-3)9-10-6/h5H,4H2,1-3H3. The molecule has 0 spiro atoms. The maximum atomic E-state index is 5.03. The maximum absolute atomic E-state index is 5.03. The molecule has 0 aliphatic heterocycles. The summed E-state index contributed by atoms with van der Waals surface area (Å²) in [6.07, 6.45) is 2.97. The first-order valence-corrected chi connectivity index (χ1v) is 4.88. The molecule has 0 bridgehead atoms. The first-order valence-electron chi connectivity index (χ1n) is 3.65. The minimum Gasteiger partial charge on any atom is -0.338 e. The van der Waals surface area contributed by atoms with Gasteiger partial charge in [0.15, 0.2) is 0 Å². The van der Waals surface area contributed by atoms with Crippen LogP contribution in [0.5, 0.6) is 0 Å². The first-order chi connectivity index (χ1) is 5.27. The van der Waals surface area contributed by atoms with Gasteiger partial charge < -0.3 is 4.52 Å². The van der Waals surface area contributed by atoms with E-state index in [4.69, 9.17) is 4.52 Å². The van der Waals surface area contributed by atoms with E-state index in [1.54, 1.807) is 0 Å². The van der Waals surface area contributed by atoms with Crippen LogP contribution in [0.1, 0.15) is 32.1 Å². The molecule has 11 heavy (non-hydrogen) atoms. The summed E-state index contributed by atoms with van der Waals surface area (Å²) < 4.78 is 5.03. The Labute approximate surface area is 70.6 Å². The van der Waals surface area contributed by atoms with E-state index in [2.05, 4.69) is 24.0 Å². The Morgan fingerprint density at radius 3 is 2.82 bits per heavy atom. The van der Waals surface area contributed by atoms with Gasteiger partial charge in [0, 0.05) is 5.92 Å². The van der Waals surface area contributed by atoms with Crippen LogP contribution in [0.15, 0.2) is 9.68 Å². The van der Waals surface area contributed by atoms with Gasteiger partial charge in [-0.1, -0.05) is 30.8 Å². The van der Waals surface area contributed by atoms with Crippen LogP contribution in [0.3, 0.4) is 0 Å². The molecule has 1 rings (SSSR count). The lowest BCUT2D eigenvalue weighted by Gasteiger charge is -1.97. The molecule has 1 atom stereocenters. The second kappa shape index (κ2) is 3.76. The zero-order chi connectivity index (χ0) is 8.27. The third-order valence-electron chi connectivity index (χ3n) is 1.64. The zero-order valence-electron chi connectivity index (χ0n) is 7.00. The van der Waals surface area contributed by atoms with Crippen molar-refractivity contribution in [2.45, 2.75) is 31.3 Å². The van der Waals surface area contributed by atoms with Crippen LogP contribution >= 0.6 is 11.8 Å². The summed E-state index contributed by atoms with van der Waals surface area (Å²) in [7, 11) is 0. The smallest absolute Gasteiger partial charge is 0.230 e. The Morgan fingerprint density at radius 2 is 2.36 bits per heavy atom. The highest BCUT2D eigenvalue weighted by atomic mass is 32.2. The highest BCUT2D eigenvalue weighted by Gasteiger charge is 2.10. The van der Waals surface area contributed by atoms with Gasteiger partial charge >= 0.3 is 0 Å². The van der Waals surface area contributed by atoms with Crippen LogP contribution in [-0.2, 0) is 0 Å². The molecule has 0 fully saturated rings. The zero-order valence-corrected chi connectivity index (χ0v) is 7.81. The van der Waals surface area contributed by atoms with Gasteiger partial charge in [0.2, 0.25) is 11.0 Å². The van der Waals surface area contributed by atoms with Gasteiger partial charge in [0.1, 0.15) is 0 Å². The molecule has 1 aromatic heterocycles. The Bertz CT molecular complexity index is 224. The second-order valence-corrected chi connectivity index (χ2v) is 3.20. The third kappa shape index (κ3) is 1.96. The lowest BCUT2D eigenvalue weighted by Crippen LogP contribution is -1.90. The SMILES string of the molecule is CCC(C)c1nc(SC)no1. The molecule has 0 radical (unpaired) electrons. The predicted octanol–water partition coefficient (Wildman–Crippen LogP) is 2.31. The molecule has 0 aliphatic carbocycles. The minimum absolute atomic E-state index is 0.378. The molecule has 1 aromatic rings. The monoisotopic (exact) mass is 172 g/mol. The summed E-state index contributed by atoms with van der Waals surface area (Å²) >= 11 is 1.50. The average molecular weight is 172 g/mol. The van der Waals surface area contributed by atoms with Gasteiger partial charge in [0.25, 0.3) is 0 Å². The van der Waals surface area contributed by atoms with E-state index in [9.17, 15) is 0 Å². The van der Waals surface area contributed by atoms with E-state index >= 15 is 0 Å². The summed E-state index contributed by atoms with van der Waals surface area (Å²) in [5.74, 6) is 1.13. The maximum Gasteiger partial charge on any atom is 0.230 e. The number of thioether (sulfide) groups is 1. The molecule has 0 aliphatic rings. The van der Waals surface area contributed by atoms with Crippen molar-refractivity contribution in [3.05, 3.63) is 5.89 Å². The van der Waals surface area contributed by atoms with Gasteiger partial charge in [0.05, 0.1) is 0 Å². The van der Waals surface area contributed by atoms with E-state index in [-0.39, 0.29) is 0 Å². The van der Waals surface area contributed by atoms with Gasteiger partial charge in [-0.15, -0.1) is 0 Å². The Morgan fingerprint density at radius 1 is 1.64 bits per heavy atom. The molecule has 1 unspecified atom stereocenters. The van der Waals surface area contributed by atoms with Crippen LogP contribution in [0, 0.1) is 0 Å². The van der Waals surface area contributed by atoms with Crippen molar-refractivity contribution >= 4 is 11.8 Å². The van der Waals surface area contributed by atoms with Crippen molar-refractivity contribution in [2.24, 2.45) is 0 Å². The molecule has 0 N–H and O–H groups in total. The van der Waals surface area contributed by atoms with E-state index in [1.165, 1.54) is 11.8 Å². The van der Waals surface area contributed by atoms with E-state index in [1.807, 2.05) is 6.26 Å². The fraction of sp³-hybridized carbons (Fsp3) is 0.714. The number of hydrogen-bond acceptors (Lipinski definition) is 4. The molecule has 0 amide bonds. The Hall–Kier alpha value is -0.510. The quantitative estimate of drug-likeness (QED) is 0.656. The highest BCUT2D eigenvalue weighted by molar-refractivity contribution is 7.98. The van der Waals surface area contributed by atoms with Crippen LogP contribution in [0.4, 0.5) is 0 Å². The Balaban J connectivity index is 2.71. The molecular weight excluding hydrogens is 160 g/mol. The fourth-order valence-electron chi connectivity index (χ4n) is 0.679. The summed E-state index contributed by atoms with van der Waals surface area (Å²) in [4.78, 5) is 4.18. The topological polar surface area (TPSA) is 38.9 Å². The van der Waals surface area contributed by atoms with Crippen LogP contribution < -0.4 is 0 Å². The van der Waals surface area contributed by atoms with Crippen molar-refractivity contribution in [1.82, 2.24) is 10.1 Å². The third-order valence-corrected chi connectivity index (χ3v) is 2.17. The number of hydrogen-bond donors (Lipinski definition) is 0. The Kier molecular flexibility index (Phi) is 2.93. The summed E-state index contributed by atoms with van der Waals surface area (Å²) in [6.45, 7) is 4.19. The normalized spacial score (nSPS) is 13.4. The van der Waals surface area contributed by atoms with E-state index in [0.29, 0.717) is 5.92 Å². The molecule has 62 valence electrons. The highest BCUT2D eigenvalue weighted by Crippen LogP contribution is 2.18. The van der Waals surface area contributed by atoms with Crippen LogP contribution in [0.2, 0.25) is 0 Å². The molecule has 0 aromatic carbocycles. The predicted molar refractivity (Wildman–Crippen MR) is 44.8 cm³/mol. The van der Waals surface area contributed by atoms with Crippen molar-refractivity contribution in [2.75, 3.05) is 6.26 Å². The summed E-state index contributed by atoms with van der Waals surface area (Å²) in [5.41, 5.74) is 0. The molecule has 4 heteroatoms. The van der Waals surface area contributed by atoms with Gasteiger partial charge in [-0.3, -0.25) is 0 Å². The first kappa shape index (κ1) is 8.59. The van der Waals surface area contributed by atoms with Gasteiger partial charge in [-0.05, 0) is 12.7 Å². The van der Waals surface area contributed by atoms with Gasteiger partial charge in [-0.2, -0.15) is 4.98 Å². The number of aromatic nitrogens is 2. The number of nitrogens with zero attached hydrogens (tertiary/aromatic N) is 2. The van der Waals surface area contributed by atoms with Crippen molar-refractivity contribution in [1.29, 1.82) is 0 Å². The van der Waals surface area contributed by atoms with Crippen molar-refractivity contribution in [3.63, 3.8) is 0 Å². The molecular formula is C7H12N2OS. The molecule has 3 nitrogen and oxygen atoms in total. The second-order valence-electron chi connectivity index (χ2n) is 2.43. The van der Waals surface area contributed by atoms with Crippen molar-refractivity contribution in [3.8, 4) is 0 Å². The van der Waals surface area contributed by atoms with Crippen LogP contribution in [-0.4, -0.2) is 16.4 Å². The van der Waals surface area contributed by atoms with Gasteiger partial charge in [-0.25, -0.2) is 0 Å². The lowest BCUT2D eigenvalue weighted by atomic mass is 10.1. The molecule has 1 heterocycles.